The SMILES string of the molecule is Cc1ccc(C#N)cc1-c1ccc2c(c1)[C@]1(C[C@@H](C3CCOC(C)(C)C3)O2)N=C(N)N(C)C1=O. The normalized spacial score (nSPS) is 27.7. The van der Waals surface area contributed by atoms with Crippen molar-refractivity contribution >= 4 is 11.9 Å². The van der Waals surface area contributed by atoms with Crippen molar-refractivity contribution < 1.29 is 14.3 Å². The molecule has 2 N–H and O–H groups in total. The number of amides is 1. The number of nitrogens with zero attached hydrogens (tertiary/aromatic N) is 3. The van der Waals surface area contributed by atoms with Crippen LogP contribution in [0.3, 0.4) is 0 Å². The molecule has 34 heavy (non-hydrogen) atoms. The van der Waals surface area contributed by atoms with E-state index in [0.717, 1.165) is 35.1 Å². The molecule has 1 spiro atoms. The van der Waals surface area contributed by atoms with Gasteiger partial charge in [-0.2, -0.15) is 5.26 Å². The monoisotopic (exact) mass is 458 g/mol. The summed E-state index contributed by atoms with van der Waals surface area (Å²) in [6, 6.07) is 13.7. The van der Waals surface area contributed by atoms with Gasteiger partial charge < -0.3 is 15.2 Å². The molecular weight excluding hydrogens is 428 g/mol. The summed E-state index contributed by atoms with van der Waals surface area (Å²) in [5.74, 6) is 0.999. The molecule has 1 unspecified atom stereocenters. The van der Waals surface area contributed by atoms with Crippen molar-refractivity contribution in [3.63, 3.8) is 0 Å². The summed E-state index contributed by atoms with van der Waals surface area (Å²) >= 11 is 0. The van der Waals surface area contributed by atoms with E-state index in [1.54, 1.807) is 7.05 Å². The summed E-state index contributed by atoms with van der Waals surface area (Å²) in [5.41, 5.74) is 9.05. The Bertz CT molecular complexity index is 1240. The Balaban J connectivity index is 1.62. The molecule has 176 valence electrons. The maximum absolute atomic E-state index is 13.6. The fraction of sp³-hybridized carbons (Fsp3) is 0.444. The molecule has 7 nitrogen and oxygen atoms in total. The van der Waals surface area contributed by atoms with Crippen LogP contribution in [0.5, 0.6) is 5.75 Å². The minimum atomic E-state index is -1.11. The average molecular weight is 459 g/mol. The molecular formula is C27H30N4O3. The van der Waals surface area contributed by atoms with Crippen molar-refractivity contribution in [2.24, 2.45) is 16.6 Å². The second-order valence-corrected chi connectivity index (χ2v) is 10.3. The Morgan fingerprint density at radius 3 is 2.68 bits per heavy atom. The number of carbonyl (C=O) groups is 1. The number of ether oxygens (including phenoxy) is 2. The third kappa shape index (κ3) is 3.54. The van der Waals surface area contributed by atoms with Crippen LogP contribution in [0.25, 0.3) is 11.1 Å². The minimum Gasteiger partial charge on any atom is -0.490 e. The highest BCUT2D eigenvalue weighted by molar-refractivity contribution is 6.07. The summed E-state index contributed by atoms with van der Waals surface area (Å²) in [7, 11) is 1.67. The fourth-order valence-corrected chi connectivity index (χ4v) is 5.60. The van der Waals surface area contributed by atoms with Crippen molar-refractivity contribution in [1.29, 1.82) is 5.26 Å². The smallest absolute Gasteiger partial charge is 0.261 e. The third-order valence-corrected chi connectivity index (χ3v) is 7.45. The topological polar surface area (TPSA) is 101 Å². The molecule has 7 heteroatoms. The van der Waals surface area contributed by atoms with Gasteiger partial charge in [0.2, 0.25) is 0 Å². The molecule has 0 aliphatic carbocycles. The largest absolute Gasteiger partial charge is 0.490 e. The number of nitrogens with two attached hydrogens (primary N) is 1. The van der Waals surface area contributed by atoms with Crippen molar-refractivity contribution in [3.8, 4) is 22.9 Å². The Morgan fingerprint density at radius 2 is 2.00 bits per heavy atom. The molecule has 0 bridgehead atoms. The van der Waals surface area contributed by atoms with E-state index in [1.807, 2.05) is 43.3 Å². The second kappa shape index (κ2) is 7.85. The second-order valence-electron chi connectivity index (χ2n) is 10.3. The van der Waals surface area contributed by atoms with Crippen molar-refractivity contribution in [2.45, 2.75) is 57.3 Å². The summed E-state index contributed by atoms with van der Waals surface area (Å²) in [6.45, 7) is 6.88. The lowest BCUT2D eigenvalue weighted by molar-refractivity contribution is -0.134. The van der Waals surface area contributed by atoms with Crippen LogP contribution in [0.2, 0.25) is 0 Å². The molecule has 3 atom stereocenters. The van der Waals surface area contributed by atoms with Gasteiger partial charge in [0.1, 0.15) is 11.9 Å². The van der Waals surface area contributed by atoms with Crippen LogP contribution < -0.4 is 10.5 Å². The van der Waals surface area contributed by atoms with Gasteiger partial charge in [0.15, 0.2) is 11.5 Å². The number of fused-ring (bicyclic) bond motifs is 2. The van der Waals surface area contributed by atoms with E-state index in [-0.39, 0.29) is 29.5 Å². The zero-order valence-electron chi connectivity index (χ0n) is 20.1. The minimum absolute atomic E-state index is 0.134. The van der Waals surface area contributed by atoms with Gasteiger partial charge in [-0.05, 0) is 74.6 Å². The number of hydrogen-bond acceptors (Lipinski definition) is 6. The Kier molecular flexibility index (Phi) is 5.18. The van der Waals surface area contributed by atoms with Gasteiger partial charge >= 0.3 is 0 Å². The number of rotatable bonds is 2. The van der Waals surface area contributed by atoms with Crippen LogP contribution in [-0.2, 0) is 15.1 Å². The lowest BCUT2D eigenvalue weighted by Gasteiger charge is -2.44. The van der Waals surface area contributed by atoms with Gasteiger partial charge in [-0.1, -0.05) is 12.1 Å². The summed E-state index contributed by atoms with van der Waals surface area (Å²) in [6.07, 6.45) is 1.99. The van der Waals surface area contributed by atoms with Crippen LogP contribution in [0.4, 0.5) is 0 Å². The number of aliphatic imine (C=N–C) groups is 1. The third-order valence-electron chi connectivity index (χ3n) is 7.45. The van der Waals surface area contributed by atoms with Gasteiger partial charge in [-0.25, -0.2) is 4.99 Å². The number of likely N-dealkylation sites (N-methyl/N-ethyl adjacent to an activating group) is 1. The summed E-state index contributed by atoms with van der Waals surface area (Å²) in [5, 5.41) is 9.38. The number of aryl methyl sites for hydroxylation is 1. The molecule has 0 saturated carbocycles. The van der Waals surface area contributed by atoms with Gasteiger partial charge in [0, 0.05) is 31.6 Å². The fourth-order valence-electron chi connectivity index (χ4n) is 5.60. The van der Waals surface area contributed by atoms with Crippen molar-refractivity contribution in [1.82, 2.24) is 4.90 Å². The van der Waals surface area contributed by atoms with E-state index in [9.17, 15) is 10.1 Å². The van der Waals surface area contributed by atoms with Crippen LogP contribution in [0, 0.1) is 24.2 Å². The molecule has 1 fully saturated rings. The molecule has 3 aliphatic heterocycles. The first kappa shape index (κ1) is 22.4. The summed E-state index contributed by atoms with van der Waals surface area (Å²) in [4.78, 5) is 19.8. The molecule has 1 amide bonds. The molecule has 0 aromatic heterocycles. The standard InChI is InChI=1S/C27H30N4O3/c1-16-5-6-17(15-28)11-20(16)18-7-8-22-21(12-18)27(24(32)31(4)25(29)30-27)14-23(34-22)19-9-10-33-26(2,3)13-19/h5-8,11-12,19,23H,9-10,13-14H2,1-4H3,(H2,29,30)/t19?,23-,27-/m0/s1. The first-order chi connectivity index (χ1) is 16.1. The van der Waals surface area contributed by atoms with Gasteiger partial charge in [0.25, 0.3) is 5.91 Å². The lowest BCUT2D eigenvalue weighted by atomic mass is 9.74. The highest BCUT2D eigenvalue weighted by Gasteiger charge is 2.55. The number of hydrogen-bond donors (Lipinski definition) is 1. The predicted octanol–water partition coefficient (Wildman–Crippen LogP) is 3.87. The average Bonchev–Trinajstić information content (AvgIpc) is 3.02. The van der Waals surface area contributed by atoms with Crippen LogP contribution in [0.1, 0.15) is 49.8 Å². The number of guanidine groups is 1. The first-order valence-electron chi connectivity index (χ1n) is 11.7. The highest BCUT2D eigenvalue weighted by atomic mass is 16.5. The quantitative estimate of drug-likeness (QED) is 0.736. The van der Waals surface area contributed by atoms with Crippen LogP contribution in [0.15, 0.2) is 41.4 Å². The summed E-state index contributed by atoms with van der Waals surface area (Å²) < 4.78 is 12.5. The van der Waals surface area contributed by atoms with Gasteiger partial charge in [0.05, 0.1) is 17.2 Å². The molecule has 2 aromatic carbocycles. The molecule has 2 aromatic rings. The Hall–Kier alpha value is -3.37. The Morgan fingerprint density at radius 1 is 1.21 bits per heavy atom. The van der Waals surface area contributed by atoms with E-state index in [0.29, 0.717) is 24.3 Å². The van der Waals surface area contributed by atoms with E-state index in [2.05, 4.69) is 19.9 Å². The van der Waals surface area contributed by atoms with Crippen molar-refractivity contribution in [2.75, 3.05) is 13.7 Å². The zero-order chi connectivity index (χ0) is 24.3. The van der Waals surface area contributed by atoms with E-state index < -0.39 is 5.54 Å². The highest BCUT2D eigenvalue weighted by Crippen LogP contribution is 2.50. The van der Waals surface area contributed by atoms with Gasteiger partial charge in [-0.3, -0.25) is 9.69 Å². The number of benzene rings is 2. The number of carbonyl (C=O) groups excluding carboxylic acids is 1. The molecule has 5 rings (SSSR count). The lowest BCUT2D eigenvalue weighted by Crippen LogP contribution is -2.49. The molecule has 3 aliphatic rings. The van der Waals surface area contributed by atoms with E-state index in [1.165, 1.54) is 4.90 Å². The maximum Gasteiger partial charge on any atom is 0.261 e. The van der Waals surface area contributed by atoms with Crippen LogP contribution >= 0.6 is 0 Å². The molecule has 3 heterocycles. The van der Waals surface area contributed by atoms with Crippen LogP contribution in [-0.4, -0.2) is 42.1 Å². The molecule has 1 saturated heterocycles. The Labute approximate surface area is 200 Å². The van der Waals surface area contributed by atoms with E-state index in [4.69, 9.17) is 20.2 Å². The van der Waals surface area contributed by atoms with Crippen molar-refractivity contribution in [3.05, 3.63) is 53.1 Å². The van der Waals surface area contributed by atoms with Gasteiger partial charge in [-0.15, -0.1) is 0 Å². The zero-order valence-corrected chi connectivity index (χ0v) is 20.1. The predicted molar refractivity (Wildman–Crippen MR) is 129 cm³/mol. The first-order valence-corrected chi connectivity index (χ1v) is 11.7. The van der Waals surface area contributed by atoms with E-state index >= 15 is 0 Å². The maximum atomic E-state index is 13.6. The number of nitriles is 1. The molecule has 0 radical (unpaired) electrons.